The highest BCUT2D eigenvalue weighted by Crippen LogP contribution is 2.44. The lowest BCUT2D eigenvalue weighted by molar-refractivity contribution is -0.137. The van der Waals surface area contributed by atoms with E-state index in [4.69, 9.17) is 9.84 Å². The van der Waals surface area contributed by atoms with Crippen LogP contribution in [0.15, 0.2) is 66.7 Å². The molecule has 5 nitrogen and oxygen atoms in total. The third kappa shape index (κ3) is 4.61. The van der Waals surface area contributed by atoms with Gasteiger partial charge in [-0.25, -0.2) is 13.6 Å². The minimum Gasteiger partial charge on any atom is -0.481 e. The molecule has 1 amide bonds. The van der Waals surface area contributed by atoms with E-state index in [1.807, 2.05) is 48.5 Å². The number of hydrogen-bond acceptors (Lipinski definition) is 3. The topological polar surface area (TPSA) is 75.6 Å². The normalized spacial score (nSPS) is 13.2. The highest BCUT2D eigenvalue weighted by Gasteiger charge is 2.29. The van der Waals surface area contributed by atoms with E-state index in [0.29, 0.717) is 5.56 Å². The van der Waals surface area contributed by atoms with Crippen LogP contribution in [0.4, 0.5) is 13.6 Å². The van der Waals surface area contributed by atoms with Gasteiger partial charge >= 0.3 is 12.1 Å². The van der Waals surface area contributed by atoms with E-state index in [-0.39, 0.29) is 25.4 Å². The Hall–Kier alpha value is -3.74. The fourth-order valence-electron chi connectivity index (χ4n) is 4.14. The molecule has 0 saturated carbocycles. The van der Waals surface area contributed by atoms with Crippen LogP contribution >= 0.6 is 0 Å². The first-order chi connectivity index (χ1) is 15.4. The van der Waals surface area contributed by atoms with Gasteiger partial charge < -0.3 is 15.2 Å². The van der Waals surface area contributed by atoms with Crippen molar-refractivity contribution in [3.63, 3.8) is 0 Å². The molecule has 0 fully saturated rings. The molecule has 2 N–H and O–H groups in total. The molecule has 0 saturated heterocycles. The predicted molar refractivity (Wildman–Crippen MR) is 114 cm³/mol. The van der Waals surface area contributed by atoms with Crippen LogP contribution < -0.4 is 5.32 Å². The summed E-state index contributed by atoms with van der Waals surface area (Å²) in [5.41, 5.74) is 4.68. The summed E-state index contributed by atoms with van der Waals surface area (Å²) in [6.45, 7) is 0.0881. The number of carboxylic acids is 1. The van der Waals surface area contributed by atoms with Gasteiger partial charge in [0, 0.05) is 12.0 Å². The zero-order valence-electron chi connectivity index (χ0n) is 17.1. The highest BCUT2D eigenvalue weighted by atomic mass is 19.2. The highest BCUT2D eigenvalue weighted by molar-refractivity contribution is 5.79. The van der Waals surface area contributed by atoms with Gasteiger partial charge in [-0.05, 0) is 46.4 Å². The average Bonchev–Trinajstić information content (AvgIpc) is 3.08. The predicted octanol–water partition coefficient (Wildman–Crippen LogP) is 4.89. The summed E-state index contributed by atoms with van der Waals surface area (Å²) in [6, 6.07) is 18.3. The van der Waals surface area contributed by atoms with Gasteiger partial charge in [0.05, 0.1) is 6.42 Å². The van der Waals surface area contributed by atoms with Crippen LogP contribution in [-0.4, -0.2) is 29.8 Å². The lowest BCUT2D eigenvalue weighted by Gasteiger charge is -2.19. The number of carbonyl (C=O) groups excluding carboxylic acids is 1. The summed E-state index contributed by atoms with van der Waals surface area (Å²) < 4.78 is 32.1. The standard InChI is InChI=1S/C25H21F2NO4/c26-22-10-9-15(12-23(22)27)11-16(13-24(29)30)28-25(31)32-14-21-19-7-3-1-5-17(19)18-6-2-4-8-20(18)21/h1-10,12,16,21H,11,13-14H2,(H,28,31)(H,29,30)/t16-/m0/s1. The Balaban J connectivity index is 1.43. The number of amides is 1. The molecule has 0 bridgehead atoms. The lowest BCUT2D eigenvalue weighted by atomic mass is 9.98. The molecule has 1 atom stereocenters. The maximum atomic E-state index is 13.5. The molecule has 0 radical (unpaired) electrons. The molecule has 1 aliphatic rings. The van der Waals surface area contributed by atoms with Gasteiger partial charge in [0.2, 0.25) is 0 Å². The fraction of sp³-hybridized carbons (Fsp3) is 0.200. The minimum absolute atomic E-state index is 0.0215. The molecule has 3 aromatic rings. The molecule has 0 aromatic heterocycles. The Morgan fingerprint density at radius 1 is 0.938 bits per heavy atom. The van der Waals surface area contributed by atoms with Gasteiger partial charge in [0.25, 0.3) is 0 Å². The molecule has 0 heterocycles. The summed E-state index contributed by atoms with van der Waals surface area (Å²) in [6.07, 6.45) is -1.13. The molecule has 7 heteroatoms. The molecule has 1 aliphatic carbocycles. The van der Waals surface area contributed by atoms with Crippen molar-refractivity contribution in [3.05, 3.63) is 95.1 Å². The third-order valence-electron chi connectivity index (χ3n) is 5.55. The molecule has 32 heavy (non-hydrogen) atoms. The van der Waals surface area contributed by atoms with E-state index < -0.39 is 29.7 Å². The van der Waals surface area contributed by atoms with Crippen molar-refractivity contribution in [3.8, 4) is 11.1 Å². The molecule has 4 rings (SSSR count). The second kappa shape index (κ2) is 9.18. The first-order valence-electron chi connectivity index (χ1n) is 10.2. The Morgan fingerprint density at radius 2 is 1.56 bits per heavy atom. The number of aliphatic carboxylic acids is 1. The summed E-state index contributed by atoms with van der Waals surface area (Å²) in [5, 5.41) is 11.7. The van der Waals surface area contributed by atoms with Crippen molar-refractivity contribution < 1.29 is 28.2 Å². The Morgan fingerprint density at radius 3 is 2.16 bits per heavy atom. The van der Waals surface area contributed by atoms with Gasteiger partial charge in [0.15, 0.2) is 11.6 Å². The van der Waals surface area contributed by atoms with Crippen LogP contribution in [0.2, 0.25) is 0 Å². The van der Waals surface area contributed by atoms with Crippen LogP contribution in [0, 0.1) is 11.6 Å². The number of rotatable bonds is 7. The second-order valence-electron chi connectivity index (χ2n) is 7.72. The van der Waals surface area contributed by atoms with E-state index in [9.17, 15) is 18.4 Å². The zero-order chi connectivity index (χ0) is 22.7. The van der Waals surface area contributed by atoms with Crippen LogP contribution in [0.5, 0.6) is 0 Å². The van der Waals surface area contributed by atoms with E-state index in [1.165, 1.54) is 6.07 Å². The number of benzene rings is 3. The maximum absolute atomic E-state index is 13.5. The molecule has 0 unspecified atom stereocenters. The number of hydrogen-bond donors (Lipinski definition) is 2. The van der Waals surface area contributed by atoms with Gasteiger partial charge in [-0.3, -0.25) is 4.79 Å². The zero-order valence-corrected chi connectivity index (χ0v) is 17.1. The van der Waals surface area contributed by atoms with E-state index >= 15 is 0 Å². The van der Waals surface area contributed by atoms with Crippen molar-refractivity contribution in [1.29, 1.82) is 0 Å². The van der Waals surface area contributed by atoms with Gasteiger partial charge in [-0.15, -0.1) is 0 Å². The van der Waals surface area contributed by atoms with Crippen LogP contribution in [-0.2, 0) is 16.0 Å². The number of halogens is 2. The number of carboxylic acid groups (broad SMARTS) is 1. The number of ether oxygens (including phenoxy) is 1. The van der Waals surface area contributed by atoms with Crippen molar-refractivity contribution in [2.75, 3.05) is 6.61 Å². The van der Waals surface area contributed by atoms with Crippen LogP contribution in [0.3, 0.4) is 0 Å². The molecule has 0 aliphatic heterocycles. The molecule has 0 spiro atoms. The molecule has 164 valence electrons. The smallest absolute Gasteiger partial charge is 0.407 e. The molecular weight excluding hydrogens is 416 g/mol. The van der Waals surface area contributed by atoms with Gasteiger partial charge in [0.1, 0.15) is 6.61 Å². The Labute approximate surface area is 183 Å². The van der Waals surface area contributed by atoms with E-state index in [0.717, 1.165) is 34.4 Å². The van der Waals surface area contributed by atoms with E-state index in [1.54, 1.807) is 0 Å². The third-order valence-corrected chi connectivity index (χ3v) is 5.55. The largest absolute Gasteiger partial charge is 0.481 e. The monoisotopic (exact) mass is 437 g/mol. The second-order valence-corrected chi connectivity index (χ2v) is 7.72. The maximum Gasteiger partial charge on any atom is 0.407 e. The van der Waals surface area contributed by atoms with Crippen LogP contribution in [0.25, 0.3) is 11.1 Å². The lowest BCUT2D eigenvalue weighted by Crippen LogP contribution is -2.39. The van der Waals surface area contributed by atoms with Crippen molar-refractivity contribution in [2.24, 2.45) is 0 Å². The first-order valence-corrected chi connectivity index (χ1v) is 10.2. The van der Waals surface area contributed by atoms with E-state index in [2.05, 4.69) is 5.32 Å². The summed E-state index contributed by atoms with van der Waals surface area (Å²) in [5.74, 6) is -3.28. The molecular formula is C25H21F2NO4. The molecule has 3 aromatic carbocycles. The summed E-state index contributed by atoms with van der Waals surface area (Å²) >= 11 is 0. The van der Waals surface area contributed by atoms with Gasteiger partial charge in [-0.1, -0.05) is 54.6 Å². The SMILES string of the molecule is O=C(O)C[C@H](Cc1ccc(F)c(F)c1)NC(=O)OCC1c2ccccc2-c2ccccc21. The van der Waals surface area contributed by atoms with Crippen molar-refractivity contribution in [2.45, 2.75) is 24.8 Å². The van der Waals surface area contributed by atoms with Crippen LogP contribution in [0.1, 0.15) is 29.0 Å². The number of fused-ring (bicyclic) bond motifs is 3. The van der Waals surface area contributed by atoms with Crippen molar-refractivity contribution in [1.82, 2.24) is 5.32 Å². The summed E-state index contributed by atoms with van der Waals surface area (Å²) in [4.78, 5) is 23.7. The first kappa shape index (κ1) is 21.5. The minimum atomic E-state index is -1.13. The number of carbonyl (C=O) groups is 2. The Bertz CT molecular complexity index is 1120. The quantitative estimate of drug-likeness (QED) is 0.552. The number of nitrogens with one attached hydrogen (secondary N) is 1. The Kier molecular flexibility index (Phi) is 6.16. The summed E-state index contributed by atoms with van der Waals surface area (Å²) in [7, 11) is 0. The van der Waals surface area contributed by atoms with Crippen molar-refractivity contribution >= 4 is 12.1 Å². The average molecular weight is 437 g/mol. The fourth-order valence-corrected chi connectivity index (χ4v) is 4.14. The van der Waals surface area contributed by atoms with Gasteiger partial charge in [-0.2, -0.15) is 0 Å². The number of alkyl carbamates (subject to hydrolysis) is 1.